The standard InChI is InChI=1S/C38H31N/c1-26-10-12-28(13-11-26)35-22-23-36(38-9-4-3-8-37(35)38)29-18-20-33(21-19-29)39(2)34-7-5-6-30(25-34)32-17-15-27-14-16-31(27)24-32/h3-13,15,17-25H,14,16H2,1-2H3. The Morgan fingerprint density at radius 3 is 1.67 bits per heavy atom. The number of fused-ring (bicyclic) bond motifs is 2. The molecule has 0 bridgehead atoms. The topological polar surface area (TPSA) is 3.24 Å². The molecular weight excluding hydrogens is 470 g/mol. The number of hydrogen-bond donors (Lipinski definition) is 0. The van der Waals surface area contributed by atoms with E-state index in [1.54, 1.807) is 0 Å². The number of anilines is 2. The minimum absolute atomic E-state index is 1.17. The maximum Gasteiger partial charge on any atom is 0.0414 e. The van der Waals surface area contributed by atoms with E-state index in [4.69, 9.17) is 0 Å². The maximum atomic E-state index is 2.36. The molecule has 0 atom stereocenters. The molecule has 0 aromatic heterocycles. The molecule has 0 N–H and O–H groups in total. The van der Waals surface area contributed by atoms with Crippen LogP contribution in [0.2, 0.25) is 0 Å². The molecule has 39 heavy (non-hydrogen) atoms. The van der Waals surface area contributed by atoms with Gasteiger partial charge in [0, 0.05) is 18.4 Å². The van der Waals surface area contributed by atoms with Crippen LogP contribution in [0.1, 0.15) is 16.7 Å². The quantitative estimate of drug-likeness (QED) is 0.227. The molecule has 6 aromatic rings. The number of rotatable bonds is 5. The molecular formula is C38H31N. The summed E-state index contributed by atoms with van der Waals surface area (Å²) < 4.78 is 0. The van der Waals surface area contributed by atoms with E-state index < -0.39 is 0 Å². The van der Waals surface area contributed by atoms with Crippen molar-refractivity contribution < 1.29 is 0 Å². The maximum absolute atomic E-state index is 2.36. The van der Waals surface area contributed by atoms with Gasteiger partial charge in [-0.15, -0.1) is 0 Å². The van der Waals surface area contributed by atoms with E-state index in [0.717, 1.165) is 0 Å². The lowest BCUT2D eigenvalue weighted by molar-refractivity contribution is 0.840. The summed E-state index contributed by atoms with van der Waals surface area (Å²) >= 11 is 0. The van der Waals surface area contributed by atoms with E-state index in [1.165, 1.54) is 85.1 Å². The molecule has 1 aliphatic rings. The smallest absolute Gasteiger partial charge is 0.0414 e. The van der Waals surface area contributed by atoms with Crippen LogP contribution in [-0.4, -0.2) is 7.05 Å². The molecule has 0 heterocycles. The third-order valence-corrected chi connectivity index (χ3v) is 8.29. The van der Waals surface area contributed by atoms with Crippen LogP contribution >= 0.6 is 0 Å². The van der Waals surface area contributed by atoms with Gasteiger partial charge in [0.25, 0.3) is 0 Å². The van der Waals surface area contributed by atoms with Crippen LogP contribution in [0.15, 0.2) is 127 Å². The van der Waals surface area contributed by atoms with Gasteiger partial charge in [-0.1, -0.05) is 109 Å². The Kier molecular flexibility index (Phi) is 5.78. The van der Waals surface area contributed by atoms with Gasteiger partial charge in [0.15, 0.2) is 0 Å². The van der Waals surface area contributed by atoms with Gasteiger partial charge in [0.2, 0.25) is 0 Å². The van der Waals surface area contributed by atoms with Gasteiger partial charge < -0.3 is 4.90 Å². The van der Waals surface area contributed by atoms with Crippen LogP contribution in [-0.2, 0) is 12.8 Å². The van der Waals surface area contributed by atoms with Crippen molar-refractivity contribution in [2.75, 3.05) is 11.9 Å². The predicted molar refractivity (Wildman–Crippen MR) is 167 cm³/mol. The fourth-order valence-electron chi connectivity index (χ4n) is 5.82. The fourth-order valence-corrected chi connectivity index (χ4v) is 5.82. The molecule has 1 nitrogen and oxygen atoms in total. The van der Waals surface area contributed by atoms with E-state index in [1.807, 2.05) is 0 Å². The lowest BCUT2D eigenvalue weighted by Gasteiger charge is -2.22. The van der Waals surface area contributed by atoms with Crippen LogP contribution in [0.3, 0.4) is 0 Å². The van der Waals surface area contributed by atoms with E-state index in [0.29, 0.717) is 0 Å². The Bertz CT molecular complexity index is 1810. The van der Waals surface area contributed by atoms with E-state index in [-0.39, 0.29) is 0 Å². The zero-order valence-corrected chi connectivity index (χ0v) is 22.5. The number of aryl methyl sites for hydroxylation is 3. The normalized spacial score (nSPS) is 12.2. The lowest BCUT2D eigenvalue weighted by Crippen LogP contribution is -2.09. The minimum Gasteiger partial charge on any atom is -0.345 e. The summed E-state index contributed by atoms with van der Waals surface area (Å²) in [6.07, 6.45) is 2.43. The van der Waals surface area contributed by atoms with Gasteiger partial charge in [-0.05, 0) is 99.3 Å². The fraction of sp³-hybridized carbons (Fsp3) is 0.105. The lowest BCUT2D eigenvalue weighted by atomic mass is 9.86. The van der Waals surface area contributed by atoms with Gasteiger partial charge in [-0.2, -0.15) is 0 Å². The first-order valence-corrected chi connectivity index (χ1v) is 13.8. The molecule has 1 aliphatic carbocycles. The Balaban J connectivity index is 1.20. The highest BCUT2D eigenvalue weighted by Crippen LogP contribution is 2.37. The Labute approximate surface area is 231 Å². The highest BCUT2D eigenvalue weighted by atomic mass is 15.1. The minimum atomic E-state index is 1.17. The highest BCUT2D eigenvalue weighted by Gasteiger charge is 2.14. The van der Waals surface area contributed by atoms with Gasteiger partial charge in [-0.3, -0.25) is 0 Å². The summed E-state index contributed by atoms with van der Waals surface area (Å²) in [4.78, 5) is 2.27. The molecule has 0 aliphatic heterocycles. The number of benzene rings is 6. The Hall–Kier alpha value is -4.62. The summed E-state index contributed by atoms with van der Waals surface area (Å²) in [6.45, 7) is 2.13. The molecule has 188 valence electrons. The average molecular weight is 502 g/mol. The van der Waals surface area contributed by atoms with Crippen molar-refractivity contribution in [1.82, 2.24) is 0 Å². The van der Waals surface area contributed by atoms with Crippen LogP contribution < -0.4 is 4.90 Å². The molecule has 6 aromatic carbocycles. The van der Waals surface area contributed by atoms with Crippen molar-refractivity contribution in [3.05, 3.63) is 144 Å². The first-order chi connectivity index (χ1) is 19.1. The Morgan fingerprint density at radius 2 is 1.05 bits per heavy atom. The predicted octanol–water partition coefficient (Wildman–Crippen LogP) is 10.0. The molecule has 0 unspecified atom stereocenters. The molecule has 0 fully saturated rings. The zero-order valence-electron chi connectivity index (χ0n) is 22.5. The van der Waals surface area contributed by atoms with Gasteiger partial charge in [-0.25, -0.2) is 0 Å². The van der Waals surface area contributed by atoms with Crippen LogP contribution in [0.25, 0.3) is 44.2 Å². The summed E-state index contributed by atoms with van der Waals surface area (Å²) in [5, 5.41) is 2.57. The largest absolute Gasteiger partial charge is 0.345 e. The molecule has 0 radical (unpaired) electrons. The van der Waals surface area contributed by atoms with E-state index in [2.05, 4.69) is 146 Å². The monoisotopic (exact) mass is 501 g/mol. The number of hydrogen-bond acceptors (Lipinski definition) is 1. The third-order valence-electron chi connectivity index (χ3n) is 8.29. The molecule has 0 amide bonds. The van der Waals surface area contributed by atoms with Crippen LogP contribution in [0.5, 0.6) is 0 Å². The second-order valence-corrected chi connectivity index (χ2v) is 10.7. The summed E-state index contributed by atoms with van der Waals surface area (Å²) in [5.74, 6) is 0. The molecule has 7 rings (SSSR count). The second kappa shape index (κ2) is 9.60. The zero-order chi connectivity index (χ0) is 26.3. The van der Waals surface area contributed by atoms with Crippen molar-refractivity contribution in [3.8, 4) is 33.4 Å². The third kappa shape index (κ3) is 4.30. The first-order valence-electron chi connectivity index (χ1n) is 13.8. The number of nitrogens with zero attached hydrogens (tertiary/aromatic N) is 1. The highest BCUT2D eigenvalue weighted by molar-refractivity contribution is 6.05. The first kappa shape index (κ1) is 23.5. The Morgan fingerprint density at radius 1 is 0.462 bits per heavy atom. The van der Waals surface area contributed by atoms with Crippen molar-refractivity contribution in [2.45, 2.75) is 19.8 Å². The summed E-state index contributed by atoms with van der Waals surface area (Å²) in [7, 11) is 2.15. The van der Waals surface area contributed by atoms with Crippen LogP contribution in [0.4, 0.5) is 11.4 Å². The van der Waals surface area contributed by atoms with Crippen LogP contribution in [0, 0.1) is 6.92 Å². The molecule has 0 saturated heterocycles. The van der Waals surface area contributed by atoms with Crippen molar-refractivity contribution in [2.24, 2.45) is 0 Å². The van der Waals surface area contributed by atoms with Gasteiger partial charge >= 0.3 is 0 Å². The second-order valence-electron chi connectivity index (χ2n) is 10.7. The summed E-state index contributed by atoms with van der Waals surface area (Å²) in [5.41, 5.74) is 14.3. The SMILES string of the molecule is Cc1ccc(-c2ccc(-c3ccc(N(C)c4cccc(-c5ccc6c(c5)CC6)c4)cc3)c3ccccc23)cc1. The van der Waals surface area contributed by atoms with Crippen molar-refractivity contribution >= 4 is 22.1 Å². The average Bonchev–Trinajstić information content (AvgIpc) is 2.97. The van der Waals surface area contributed by atoms with Gasteiger partial charge in [0.1, 0.15) is 0 Å². The van der Waals surface area contributed by atoms with Gasteiger partial charge in [0.05, 0.1) is 0 Å². The van der Waals surface area contributed by atoms with Crippen molar-refractivity contribution in [3.63, 3.8) is 0 Å². The summed E-state index contributed by atoms with van der Waals surface area (Å²) in [6, 6.07) is 46.9. The molecule has 0 spiro atoms. The van der Waals surface area contributed by atoms with Crippen molar-refractivity contribution in [1.29, 1.82) is 0 Å². The van der Waals surface area contributed by atoms with E-state index in [9.17, 15) is 0 Å². The van der Waals surface area contributed by atoms with E-state index >= 15 is 0 Å². The molecule has 1 heteroatoms. The molecule has 0 saturated carbocycles.